The first-order chi connectivity index (χ1) is 12.6. The van der Waals surface area contributed by atoms with E-state index in [1.807, 2.05) is 18.2 Å². The first-order valence-electron chi connectivity index (χ1n) is 8.86. The van der Waals surface area contributed by atoms with Crippen molar-refractivity contribution in [2.45, 2.75) is 25.6 Å². The van der Waals surface area contributed by atoms with Gasteiger partial charge in [0.15, 0.2) is 0 Å². The molecule has 1 N–H and O–H groups in total. The standard InChI is InChI=1S/C21H24FNO3/c1-26-14-15-5-7-17(8-6-15)21(25)23-10-9-18(20(24)13-23)11-16-3-2-4-19(22)12-16/h2-8,12,18,20,24H,9-11,13-14H2,1H3/t18-,20+/m1/s1. The van der Waals surface area contributed by atoms with Crippen LogP contribution in [0.15, 0.2) is 48.5 Å². The third-order valence-corrected chi connectivity index (χ3v) is 4.91. The lowest BCUT2D eigenvalue weighted by atomic mass is 9.87. The number of carbonyl (C=O) groups excluding carboxylic acids is 1. The largest absolute Gasteiger partial charge is 0.391 e. The molecule has 4 nitrogen and oxygen atoms in total. The molecule has 1 fully saturated rings. The van der Waals surface area contributed by atoms with Crippen molar-refractivity contribution in [3.8, 4) is 0 Å². The Kier molecular flexibility index (Phi) is 6.01. The molecular weight excluding hydrogens is 333 g/mol. The number of aliphatic hydroxyl groups excluding tert-OH is 1. The minimum Gasteiger partial charge on any atom is -0.391 e. The van der Waals surface area contributed by atoms with Crippen LogP contribution in [0.5, 0.6) is 0 Å². The number of hydrogen-bond acceptors (Lipinski definition) is 3. The fourth-order valence-corrected chi connectivity index (χ4v) is 3.46. The zero-order valence-electron chi connectivity index (χ0n) is 14.9. The molecule has 0 radical (unpaired) electrons. The van der Waals surface area contributed by atoms with Crippen LogP contribution in [0.3, 0.4) is 0 Å². The van der Waals surface area contributed by atoms with Crippen LogP contribution >= 0.6 is 0 Å². The third-order valence-electron chi connectivity index (χ3n) is 4.91. The van der Waals surface area contributed by atoms with E-state index in [1.165, 1.54) is 12.1 Å². The van der Waals surface area contributed by atoms with Crippen molar-refractivity contribution in [1.29, 1.82) is 0 Å². The summed E-state index contributed by atoms with van der Waals surface area (Å²) in [6.07, 6.45) is 0.710. The second kappa shape index (κ2) is 8.43. The molecule has 0 aromatic heterocycles. The molecule has 1 aliphatic heterocycles. The van der Waals surface area contributed by atoms with E-state index < -0.39 is 6.10 Å². The Hall–Kier alpha value is -2.24. The number of β-amino-alcohol motifs (C(OH)–C–C–N with tert-alkyl or cyclic N) is 1. The molecule has 1 heterocycles. The summed E-state index contributed by atoms with van der Waals surface area (Å²) in [6, 6.07) is 13.8. The van der Waals surface area contributed by atoms with Crippen molar-refractivity contribution in [2.75, 3.05) is 20.2 Å². The zero-order chi connectivity index (χ0) is 18.5. The Morgan fingerprint density at radius 3 is 2.65 bits per heavy atom. The number of aliphatic hydroxyl groups is 1. The Labute approximate surface area is 153 Å². The minimum atomic E-state index is -0.608. The molecule has 2 atom stereocenters. The first kappa shape index (κ1) is 18.5. The van der Waals surface area contributed by atoms with E-state index in [0.29, 0.717) is 38.1 Å². The predicted molar refractivity (Wildman–Crippen MR) is 97.3 cm³/mol. The molecule has 0 aliphatic carbocycles. The van der Waals surface area contributed by atoms with Gasteiger partial charge in [0, 0.05) is 25.8 Å². The fourth-order valence-electron chi connectivity index (χ4n) is 3.46. The van der Waals surface area contributed by atoms with Gasteiger partial charge in [-0.25, -0.2) is 4.39 Å². The second-order valence-electron chi connectivity index (χ2n) is 6.83. The van der Waals surface area contributed by atoms with Gasteiger partial charge in [-0.2, -0.15) is 0 Å². The minimum absolute atomic E-state index is 0.0323. The van der Waals surface area contributed by atoms with E-state index in [2.05, 4.69) is 0 Å². The van der Waals surface area contributed by atoms with Crippen molar-refractivity contribution in [3.05, 3.63) is 71.0 Å². The number of piperidine rings is 1. The van der Waals surface area contributed by atoms with Crippen LogP contribution in [0.2, 0.25) is 0 Å². The smallest absolute Gasteiger partial charge is 0.253 e. The van der Waals surface area contributed by atoms with Crippen LogP contribution in [0.4, 0.5) is 4.39 Å². The van der Waals surface area contributed by atoms with E-state index in [1.54, 1.807) is 30.2 Å². The van der Waals surface area contributed by atoms with Gasteiger partial charge in [-0.15, -0.1) is 0 Å². The summed E-state index contributed by atoms with van der Waals surface area (Å²) in [5.41, 5.74) is 2.50. The molecule has 2 aromatic carbocycles. The normalized spacial score (nSPS) is 20.2. The van der Waals surface area contributed by atoms with Crippen LogP contribution in [-0.2, 0) is 17.8 Å². The van der Waals surface area contributed by atoms with Crippen molar-refractivity contribution in [1.82, 2.24) is 4.90 Å². The monoisotopic (exact) mass is 357 g/mol. The fraction of sp³-hybridized carbons (Fsp3) is 0.381. The average Bonchev–Trinajstić information content (AvgIpc) is 2.64. The first-order valence-corrected chi connectivity index (χ1v) is 8.86. The lowest BCUT2D eigenvalue weighted by Gasteiger charge is -2.36. The van der Waals surface area contributed by atoms with Crippen LogP contribution in [-0.4, -0.2) is 42.2 Å². The van der Waals surface area contributed by atoms with Crippen molar-refractivity contribution >= 4 is 5.91 Å². The lowest BCUT2D eigenvalue weighted by molar-refractivity contribution is 0.0198. The molecule has 26 heavy (non-hydrogen) atoms. The summed E-state index contributed by atoms with van der Waals surface area (Å²) in [7, 11) is 1.63. The molecule has 1 saturated heterocycles. The van der Waals surface area contributed by atoms with E-state index in [0.717, 1.165) is 11.1 Å². The predicted octanol–water partition coefficient (Wildman–Crippen LogP) is 3.04. The van der Waals surface area contributed by atoms with Gasteiger partial charge in [0.25, 0.3) is 5.91 Å². The average molecular weight is 357 g/mol. The van der Waals surface area contributed by atoms with E-state index in [9.17, 15) is 14.3 Å². The number of carbonyl (C=O) groups is 1. The topological polar surface area (TPSA) is 49.8 Å². The maximum atomic E-state index is 13.3. The summed E-state index contributed by atoms with van der Waals surface area (Å²) in [5, 5.41) is 10.5. The number of halogens is 1. The molecule has 1 amide bonds. The maximum absolute atomic E-state index is 13.3. The highest BCUT2D eigenvalue weighted by molar-refractivity contribution is 5.94. The quantitative estimate of drug-likeness (QED) is 0.895. The summed E-state index contributed by atoms with van der Waals surface area (Å²) in [4.78, 5) is 14.4. The molecule has 3 rings (SSSR count). The van der Waals surface area contributed by atoms with Crippen LogP contribution in [0, 0.1) is 11.7 Å². The summed E-state index contributed by atoms with van der Waals surface area (Å²) >= 11 is 0. The van der Waals surface area contributed by atoms with Gasteiger partial charge in [0.1, 0.15) is 5.82 Å². The number of nitrogens with zero attached hydrogens (tertiary/aromatic N) is 1. The van der Waals surface area contributed by atoms with E-state index in [4.69, 9.17) is 4.74 Å². The van der Waals surface area contributed by atoms with Crippen molar-refractivity contribution in [2.24, 2.45) is 5.92 Å². The van der Waals surface area contributed by atoms with Gasteiger partial charge in [-0.3, -0.25) is 4.79 Å². The van der Waals surface area contributed by atoms with Crippen LogP contribution < -0.4 is 0 Å². The molecule has 1 aliphatic rings. The molecule has 138 valence electrons. The Morgan fingerprint density at radius 2 is 2.00 bits per heavy atom. The van der Waals surface area contributed by atoms with Gasteiger partial charge in [0.05, 0.1) is 12.7 Å². The van der Waals surface area contributed by atoms with Gasteiger partial charge in [-0.1, -0.05) is 24.3 Å². The second-order valence-corrected chi connectivity index (χ2v) is 6.83. The number of methoxy groups -OCH3 is 1. The number of hydrogen-bond donors (Lipinski definition) is 1. The van der Waals surface area contributed by atoms with Crippen LogP contribution in [0.1, 0.15) is 27.9 Å². The third kappa shape index (κ3) is 4.48. The Morgan fingerprint density at radius 1 is 1.23 bits per heavy atom. The van der Waals surface area contributed by atoms with E-state index >= 15 is 0 Å². The van der Waals surface area contributed by atoms with Gasteiger partial charge < -0.3 is 14.7 Å². The summed E-state index contributed by atoms with van der Waals surface area (Å²) in [6.45, 7) is 1.41. The summed E-state index contributed by atoms with van der Waals surface area (Å²) < 4.78 is 18.4. The number of ether oxygens (including phenoxy) is 1. The highest BCUT2D eigenvalue weighted by Crippen LogP contribution is 2.24. The highest BCUT2D eigenvalue weighted by Gasteiger charge is 2.30. The number of rotatable bonds is 5. The number of benzene rings is 2. The van der Waals surface area contributed by atoms with Crippen LogP contribution in [0.25, 0.3) is 0 Å². The maximum Gasteiger partial charge on any atom is 0.253 e. The molecular formula is C21H24FNO3. The SMILES string of the molecule is COCc1ccc(C(=O)N2CC[C@H](Cc3cccc(F)c3)[C@@H](O)C2)cc1. The molecule has 0 bridgehead atoms. The molecule has 0 unspecified atom stereocenters. The Bertz CT molecular complexity index is 747. The molecule has 0 spiro atoms. The number of likely N-dealkylation sites (tertiary alicyclic amines) is 1. The summed E-state index contributed by atoms with van der Waals surface area (Å²) in [5.74, 6) is -0.302. The van der Waals surface area contributed by atoms with Gasteiger partial charge in [0.2, 0.25) is 0 Å². The van der Waals surface area contributed by atoms with Crippen molar-refractivity contribution < 1.29 is 19.0 Å². The van der Waals surface area contributed by atoms with Crippen molar-refractivity contribution in [3.63, 3.8) is 0 Å². The van der Waals surface area contributed by atoms with E-state index in [-0.39, 0.29) is 17.6 Å². The zero-order valence-corrected chi connectivity index (χ0v) is 14.9. The van der Waals surface area contributed by atoms with Gasteiger partial charge in [-0.05, 0) is 54.2 Å². The molecule has 5 heteroatoms. The highest BCUT2D eigenvalue weighted by atomic mass is 19.1. The lowest BCUT2D eigenvalue weighted by Crippen LogP contribution is -2.47. The Balaban J connectivity index is 1.59. The molecule has 0 saturated carbocycles. The molecule has 2 aromatic rings. The van der Waals surface area contributed by atoms with Gasteiger partial charge >= 0.3 is 0 Å². The number of amides is 1.